The van der Waals surface area contributed by atoms with E-state index in [-0.39, 0.29) is 17.3 Å². The summed E-state index contributed by atoms with van der Waals surface area (Å²) in [4.78, 5) is 3.86. The fourth-order valence-electron chi connectivity index (χ4n) is 0.762. The van der Waals surface area contributed by atoms with Gasteiger partial charge in [0.25, 0.3) is 0 Å². The largest absolute Gasteiger partial charge is 0.263 e. The van der Waals surface area contributed by atoms with E-state index >= 15 is 0 Å². The highest BCUT2D eigenvalue weighted by Gasteiger charge is 2.11. The second kappa shape index (κ2) is 4.55. The van der Waals surface area contributed by atoms with E-state index in [0.717, 1.165) is 0 Å². The number of hydrogen-bond acceptors (Lipinski definition) is 3. The normalized spacial score (nSPS) is 11.5. The molecular formula is C7H9ClN2O2S. The van der Waals surface area contributed by atoms with Gasteiger partial charge >= 0.3 is 0 Å². The molecular weight excluding hydrogens is 212 g/mol. The minimum Gasteiger partial charge on any atom is -0.263 e. The van der Waals surface area contributed by atoms with Crippen molar-refractivity contribution in [3.8, 4) is 0 Å². The molecule has 0 bridgehead atoms. The molecule has 0 atom stereocenters. The van der Waals surface area contributed by atoms with E-state index in [9.17, 15) is 8.42 Å². The van der Waals surface area contributed by atoms with Crippen LogP contribution in [0, 0.1) is 0 Å². The zero-order valence-corrected chi connectivity index (χ0v) is 8.35. The van der Waals surface area contributed by atoms with E-state index in [1.165, 1.54) is 18.5 Å². The van der Waals surface area contributed by atoms with Crippen molar-refractivity contribution < 1.29 is 8.42 Å². The summed E-state index contributed by atoms with van der Waals surface area (Å²) in [5.41, 5.74) is 0. The summed E-state index contributed by atoms with van der Waals surface area (Å²) in [6, 6.07) is 3.04. The number of pyridine rings is 1. The van der Waals surface area contributed by atoms with Crippen molar-refractivity contribution in [1.82, 2.24) is 9.71 Å². The molecule has 1 rings (SSSR count). The summed E-state index contributed by atoms with van der Waals surface area (Å²) >= 11 is 5.35. The third-order valence-corrected chi connectivity index (χ3v) is 2.97. The number of rotatable bonds is 4. The smallest absolute Gasteiger partial charge is 0.242 e. The van der Waals surface area contributed by atoms with Gasteiger partial charge in [0.2, 0.25) is 10.0 Å². The lowest BCUT2D eigenvalue weighted by atomic mass is 10.5. The van der Waals surface area contributed by atoms with Crippen molar-refractivity contribution >= 4 is 21.6 Å². The highest BCUT2D eigenvalue weighted by atomic mass is 35.5. The Morgan fingerprint density at radius 1 is 1.54 bits per heavy atom. The molecule has 72 valence electrons. The summed E-state index contributed by atoms with van der Waals surface area (Å²) < 4.78 is 25.1. The molecule has 0 aliphatic heterocycles. The van der Waals surface area contributed by atoms with Crippen LogP contribution >= 0.6 is 11.6 Å². The van der Waals surface area contributed by atoms with Gasteiger partial charge in [0.15, 0.2) is 0 Å². The molecule has 4 nitrogen and oxygen atoms in total. The van der Waals surface area contributed by atoms with Gasteiger partial charge in [-0.05, 0) is 12.1 Å². The summed E-state index contributed by atoms with van der Waals surface area (Å²) in [5, 5.41) is 0. The number of nitrogens with zero attached hydrogens (tertiary/aromatic N) is 1. The predicted molar refractivity (Wildman–Crippen MR) is 50.1 cm³/mol. The van der Waals surface area contributed by atoms with E-state index in [4.69, 9.17) is 11.6 Å². The zero-order chi connectivity index (χ0) is 9.73. The van der Waals surface area contributed by atoms with Gasteiger partial charge < -0.3 is 0 Å². The molecule has 6 heteroatoms. The van der Waals surface area contributed by atoms with Crippen LogP contribution in [0.5, 0.6) is 0 Å². The van der Waals surface area contributed by atoms with E-state index < -0.39 is 10.0 Å². The number of nitrogens with one attached hydrogen (secondary N) is 1. The summed E-state index contributed by atoms with van der Waals surface area (Å²) in [7, 11) is -3.42. The van der Waals surface area contributed by atoms with E-state index in [1.807, 2.05) is 0 Å². The minimum atomic E-state index is -3.42. The van der Waals surface area contributed by atoms with E-state index in [0.29, 0.717) is 0 Å². The molecule has 1 aromatic heterocycles. The maximum absolute atomic E-state index is 11.4. The van der Waals surface area contributed by atoms with Gasteiger partial charge in [0.1, 0.15) is 4.90 Å². The number of alkyl halides is 1. The molecule has 1 N–H and O–H groups in total. The number of sulfonamides is 1. The number of aromatic nitrogens is 1. The van der Waals surface area contributed by atoms with Crippen LogP contribution in [0.4, 0.5) is 0 Å². The van der Waals surface area contributed by atoms with Crippen molar-refractivity contribution in [1.29, 1.82) is 0 Å². The van der Waals surface area contributed by atoms with Crippen LogP contribution in [-0.2, 0) is 10.0 Å². The van der Waals surface area contributed by atoms with Crippen molar-refractivity contribution in [2.24, 2.45) is 0 Å². The lowest BCUT2D eigenvalue weighted by Gasteiger charge is -2.03. The Bertz CT molecular complexity index is 352. The van der Waals surface area contributed by atoms with Crippen LogP contribution in [0.25, 0.3) is 0 Å². The van der Waals surface area contributed by atoms with Gasteiger partial charge in [-0.25, -0.2) is 13.1 Å². The first kappa shape index (κ1) is 10.4. The molecule has 0 radical (unpaired) electrons. The maximum Gasteiger partial charge on any atom is 0.242 e. The molecule has 0 saturated carbocycles. The second-order valence-corrected chi connectivity index (χ2v) is 4.42. The van der Waals surface area contributed by atoms with Gasteiger partial charge in [-0.2, -0.15) is 0 Å². The third-order valence-electron chi connectivity index (χ3n) is 1.33. The van der Waals surface area contributed by atoms with Gasteiger partial charge in [0.05, 0.1) is 0 Å². The third kappa shape index (κ3) is 2.95. The molecule has 13 heavy (non-hydrogen) atoms. The highest BCUT2D eigenvalue weighted by Crippen LogP contribution is 2.04. The molecule has 0 spiro atoms. The summed E-state index contributed by atoms with van der Waals surface area (Å²) in [5.74, 6) is 0.249. The fourth-order valence-corrected chi connectivity index (χ4v) is 1.96. The Balaban J connectivity index is 2.83. The first-order valence-electron chi connectivity index (χ1n) is 3.62. The average molecular weight is 221 g/mol. The average Bonchev–Trinajstić information content (AvgIpc) is 2.16. The van der Waals surface area contributed by atoms with Crippen LogP contribution < -0.4 is 4.72 Å². The van der Waals surface area contributed by atoms with Crippen molar-refractivity contribution in [2.45, 2.75) is 4.90 Å². The van der Waals surface area contributed by atoms with Gasteiger partial charge in [-0.3, -0.25) is 4.98 Å². The Morgan fingerprint density at radius 3 is 2.85 bits per heavy atom. The Morgan fingerprint density at radius 2 is 2.31 bits per heavy atom. The monoisotopic (exact) mass is 220 g/mol. The molecule has 0 aliphatic carbocycles. The molecule has 0 unspecified atom stereocenters. The first-order valence-corrected chi connectivity index (χ1v) is 5.64. The zero-order valence-electron chi connectivity index (χ0n) is 6.77. The lowest BCUT2D eigenvalue weighted by Crippen LogP contribution is -2.25. The Labute approximate surface area is 82.0 Å². The highest BCUT2D eigenvalue weighted by molar-refractivity contribution is 7.89. The van der Waals surface area contributed by atoms with Crippen molar-refractivity contribution in [3.05, 3.63) is 24.5 Å². The summed E-state index contributed by atoms with van der Waals surface area (Å²) in [6.07, 6.45) is 2.80. The second-order valence-electron chi connectivity index (χ2n) is 2.28. The van der Waals surface area contributed by atoms with Gasteiger partial charge in [-0.15, -0.1) is 11.6 Å². The van der Waals surface area contributed by atoms with Crippen LogP contribution in [0.3, 0.4) is 0 Å². The Kier molecular flexibility index (Phi) is 3.65. The maximum atomic E-state index is 11.4. The standard InChI is InChI=1S/C7H9ClN2O2S/c8-3-5-10-13(11,12)7-2-1-4-9-6-7/h1-2,4,6,10H,3,5H2. The van der Waals surface area contributed by atoms with Crippen LogP contribution in [0.2, 0.25) is 0 Å². The van der Waals surface area contributed by atoms with Crippen LogP contribution in [-0.4, -0.2) is 25.8 Å². The number of hydrogen-bond donors (Lipinski definition) is 1. The fraction of sp³-hybridized carbons (Fsp3) is 0.286. The molecule has 0 amide bonds. The minimum absolute atomic E-state index is 0.153. The molecule has 1 heterocycles. The predicted octanol–water partition coefficient (Wildman–Crippen LogP) is 0.599. The lowest BCUT2D eigenvalue weighted by molar-refractivity contribution is 0.583. The van der Waals surface area contributed by atoms with Gasteiger partial charge in [0, 0.05) is 24.8 Å². The van der Waals surface area contributed by atoms with Crippen LogP contribution in [0.1, 0.15) is 0 Å². The summed E-state index contributed by atoms with van der Waals surface area (Å²) in [6.45, 7) is 0.221. The molecule has 0 aromatic carbocycles. The SMILES string of the molecule is O=S(=O)(NCCCl)c1cccnc1. The Hall–Kier alpha value is -0.650. The molecule has 1 aromatic rings. The molecule has 0 fully saturated rings. The molecule has 0 saturated heterocycles. The van der Waals surface area contributed by atoms with Gasteiger partial charge in [-0.1, -0.05) is 0 Å². The van der Waals surface area contributed by atoms with Crippen LogP contribution in [0.15, 0.2) is 29.4 Å². The first-order chi connectivity index (χ1) is 6.17. The van der Waals surface area contributed by atoms with Crippen molar-refractivity contribution in [2.75, 3.05) is 12.4 Å². The quantitative estimate of drug-likeness (QED) is 0.756. The topological polar surface area (TPSA) is 59.1 Å². The van der Waals surface area contributed by atoms with Crippen molar-refractivity contribution in [3.63, 3.8) is 0 Å². The van der Waals surface area contributed by atoms with E-state index in [1.54, 1.807) is 6.07 Å². The number of halogens is 1. The van der Waals surface area contributed by atoms with E-state index in [2.05, 4.69) is 9.71 Å². The molecule has 0 aliphatic rings.